The molecule has 234 valence electrons. The van der Waals surface area contributed by atoms with Crippen LogP contribution in [0.3, 0.4) is 0 Å². The minimum absolute atomic E-state index is 0.0732. The molecule has 0 unspecified atom stereocenters. The molecule has 0 saturated carbocycles. The Morgan fingerprint density at radius 3 is 2.22 bits per heavy atom. The first-order chi connectivity index (χ1) is 21.8. The number of methoxy groups -OCH3 is 2. The molecule has 13 heteroatoms. The van der Waals surface area contributed by atoms with Crippen LogP contribution in [0.15, 0.2) is 78.6 Å². The molecule has 1 aliphatic heterocycles. The molecule has 11 nitrogen and oxygen atoms in total. The van der Waals surface area contributed by atoms with Gasteiger partial charge in [-0.15, -0.1) is 0 Å². The lowest BCUT2D eigenvalue weighted by Crippen LogP contribution is -2.28. The normalized spacial score (nSPS) is 13.4. The molecule has 1 fully saturated rings. The first kappa shape index (κ1) is 31.2. The third-order valence-corrected chi connectivity index (χ3v) is 6.67. The number of hydrogen-bond donors (Lipinski definition) is 3. The van der Waals surface area contributed by atoms with E-state index >= 15 is 4.39 Å². The van der Waals surface area contributed by atoms with E-state index in [9.17, 15) is 14.0 Å². The van der Waals surface area contributed by atoms with Crippen molar-refractivity contribution in [2.45, 2.75) is 12.7 Å². The molecule has 2 heterocycles. The number of nitrogens with one attached hydrogen (secondary N) is 3. The van der Waals surface area contributed by atoms with Gasteiger partial charge in [0.25, 0.3) is 11.8 Å². The smallest absolute Gasteiger partial charge is 0.262 e. The Bertz CT molecular complexity index is 1710. The number of carbonyl (C=O) groups excluding carboxylic acids is 2. The summed E-state index contributed by atoms with van der Waals surface area (Å²) in [6.45, 7) is 1.34. The van der Waals surface area contributed by atoms with Crippen molar-refractivity contribution in [3.05, 3.63) is 90.3 Å². The van der Waals surface area contributed by atoms with Crippen LogP contribution in [0, 0.1) is 11.6 Å². The van der Waals surface area contributed by atoms with Gasteiger partial charge < -0.3 is 39.6 Å². The Balaban J connectivity index is 1.31. The molecule has 0 spiro atoms. The van der Waals surface area contributed by atoms with Crippen molar-refractivity contribution in [1.29, 1.82) is 0 Å². The zero-order valence-electron chi connectivity index (χ0n) is 24.4. The lowest BCUT2D eigenvalue weighted by molar-refractivity contribution is -0.118. The Labute approximate surface area is 257 Å². The minimum Gasteiger partial charge on any atom is -0.493 e. The highest BCUT2D eigenvalue weighted by molar-refractivity contribution is 6.26. The largest absolute Gasteiger partial charge is 0.493 e. The van der Waals surface area contributed by atoms with Crippen LogP contribution in [0.25, 0.3) is 10.9 Å². The second-order valence-corrected chi connectivity index (χ2v) is 9.67. The van der Waals surface area contributed by atoms with Crippen molar-refractivity contribution < 1.29 is 42.1 Å². The van der Waals surface area contributed by atoms with E-state index in [0.717, 1.165) is 6.07 Å². The van der Waals surface area contributed by atoms with Gasteiger partial charge in [-0.05, 0) is 48.5 Å². The number of amides is 2. The van der Waals surface area contributed by atoms with Gasteiger partial charge in [-0.2, -0.15) is 0 Å². The quantitative estimate of drug-likeness (QED) is 0.0854. The molecule has 1 aliphatic rings. The fourth-order valence-corrected chi connectivity index (χ4v) is 4.43. The molecule has 3 N–H and O–H groups in total. The lowest BCUT2D eigenvalue weighted by atomic mass is 10.1. The highest BCUT2D eigenvalue weighted by Gasteiger charge is 2.21. The lowest BCUT2D eigenvalue weighted by Gasteiger charge is -2.14. The van der Waals surface area contributed by atoms with Crippen molar-refractivity contribution in [2.75, 3.05) is 44.6 Å². The SMILES string of the molecule is COc1cc2nccc(Oc3ccc(NC(=O)/C(=C/NCCC4OCCO4)C(=O)Nc4ccc(F)cc4)cc3F)c2cc1OC. The molecular formula is C32H30F2N4O7. The summed E-state index contributed by atoms with van der Waals surface area (Å²) in [5.74, 6) is -1.70. The number of ether oxygens (including phenoxy) is 5. The maximum atomic E-state index is 15.2. The van der Waals surface area contributed by atoms with Crippen molar-refractivity contribution in [3.8, 4) is 23.0 Å². The molecule has 0 bridgehead atoms. The van der Waals surface area contributed by atoms with Crippen molar-refractivity contribution >= 4 is 34.1 Å². The second-order valence-electron chi connectivity index (χ2n) is 9.67. The molecule has 3 aromatic carbocycles. The predicted molar refractivity (Wildman–Crippen MR) is 161 cm³/mol. The van der Waals surface area contributed by atoms with Crippen LogP contribution in [0.4, 0.5) is 20.2 Å². The number of rotatable bonds is 12. The van der Waals surface area contributed by atoms with E-state index in [1.54, 1.807) is 18.2 Å². The van der Waals surface area contributed by atoms with E-state index in [1.165, 1.54) is 63.0 Å². The van der Waals surface area contributed by atoms with Crippen LogP contribution in [0.1, 0.15) is 6.42 Å². The summed E-state index contributed by atoms with van der Waals surface area (Å²) in [6.07, 6.45) is 2.86. The molecule has 0 radical (unpaired) electrons. The Morgan fingerprint density at radius 2 is 1.53 bits per heavy atom. The fraction of sp³-hybridized carbons (Fsp3) is 0.219. The first-order valence-electron chi connectivity index (χ1n) is 13.9. The fourth-order valence-electron chi connectivity index (χ4n) is 4.43. The third kappa shape index (κ3) is 7.82. The highest BCUT2D eigenvalue weighted by Crippen LogP contribution is 2.37. The standard InChI is InChI=1S/C32H30F2N4O7/c1-41-28-16-22-25(17-29(28)42-2)36-12-9-26(22)45-27-8-7-21(15-24(27)34)38-32(40)23(18-35-11-10-30-43-13-14-44-30)31(39)37-20-5-3-19(33)4-6-20/h3-9,12,15-18,30,35H,10-11,13-14H2,1-2H3,(H,37,39)(H,38,40)/b23-18+. The van der Waals surface area contributed by atoms with E-state index < -0.39 is 23.4 Å². The average Bonchev–Trinajstić information content (AvgIpc) is 3.56. The highest BCUT2D eigenvalue weighted by atomic mass is 19.1. The third-order valence-electron chi connectivity index (χ3n) is 6.67. The van der Waals surface area contributed by atoms with E-state index in [1.807, 2.05) is 0 Å². The van der Waals surface area contributed by atoms with Crippen LogP contribution in [0.5, 0.6) is 23.0 Å². The van der Waals surface area contributed by atoms with E-state index in [4.69, 9.17) is 23.7 Å². The zero-order valence-corrected chi connectivity index (χ0v) is 24.4. The number of fused-ring (bicyclic) bond motifs is 1. The number of pyridine rings is 1. The number of carbonyl (C=O) groups is 2. The number of anilines is 2. The Kier molecular flexibility index (Phi) is 10.0. The van der Waals surface area contributed by atoms with Crippen LogP contribution in [-0.4, -0.2) is 57.1 Å². The van der Waals surface area contributed by atoms with Gasteiger partial charge in [-0.1, -0.05) is 0 Å². The Hall–Kier alpha value is -5.27. The molecular weight excluding hydrogens is 590 g/mol. The van der Waals surface area contributed by atoms with Crippen LogP contribution < -0.4 is 30.2 Å². The van der Waals surface area contributed by atoms with E-state index in [-0.39, 0.29) is 29.0 Å². The van der Waals surface area contributed by atoms with Gasteiger partial charge in [0.15, 0.2) is 29.4 Å². The summed E-state index contributed by atoms with van der Waals surface area (Å²) in [5.41, 5.74) is 0.592. The average molecular weight is 621 g/mol. The molecule has 0 aliphatic carbocycles. The second kappa shape index (κ2) is 14.5. The van der Waals surface area contributed by atoms with Gasteiger partial charge >= 0.3 is 0 Å². The van der Waals surface area contributed by atoms with Crippen LogP contribution >= 0.6 is 0 Å². The number of halogens is 2. The number of benzene rings is 3. The first-order valence-corrected chi connectivity index (χ1v) is 13.9. The van der Waals surface area contributed by atoms with E-state index in [2.05, 4.69) is 20.9 Å². The van der Waals surface area contributed by atoms with Crippen molar-refractivity contribution in [2.24, 2.45) is 0 Å². The maximum Gasteiger partial charge on any atom is 0.262 e. The number of hydrogen-bond acceptors (Lipinski definition) is 9. The van der Waals surface area contributed by atoms with Crippen LogP contribution in [0.2, 0.25) is 0 Å². The van der Waals surface area contributed by atoms with Crippen molar-refractivity contribution in [3.63, 3.8) is 0 Å². The molecule has 45 heavy (non-hydrogen) atoms. The summed E-state index contributed by atoms with van der Waals surface area (Å²) < 4.78 is 55.9. The summed E-state index contributed by atoms with van der Waals surface area (Å²) >= 11 is 0. The summed E-state index contributed by atoms with van der Waals surface area (Å²) in [4.78, 5) is 30.6. The van der Waals surface area contributed by atoms with Gasteiger partial charge in [-0.3, -0.25) is 14.6 Å². The molecule has 5 rings (SSSR count). The summed E-state index contributed by atoms with van der Waals surface area (Å²) in [5, 5.41) is 8.57. The molecule has 1 aromatic heterocycles. The maximum absolute atomic E-state index is 15.2. The predicted octanol–water partition coefficient (Wildman–Crippen LogP) is 5.14. The van der Waals surface area contributed by atoms with Crippen molar-refractivity contribution in [1.82, 2.24) is 10.3 Å². The van der Waals surface area contributed by atoms with Gasteiger partial charge in [0, 0.05) is 54.3 Å². The molecule has 0 atom stereocenters. The monoisotopic (exact) mass is 620 g/mol. The number of nitrogens with zero attached hydrogens (tertiary/aromatic N) is 1. The zero-order chi connectivity index (χ0) is 31.8. The Morgan fingerprint density at radius 1 is 0.867 bits per heavy atom. The molecule has 1 saturated heterocycles. The molecule has 4 aromatic rings. The van der Waals surface area contributed by atoms with Gasteiger partial charge in [-0.25, -0.2) is 8.78 Å². The topological polar surface area (TPSA) is 129 Å². The summed E-state index contributed by atoms with van der Waals surface area (Å²) in [6, 6.07) is 13.8. The van der Waals surface area contributed by atoms with Gasteiger partial charge in [0.2, 0.25) is 0 Å². The minimum atomic E-state index is -0.815. The van der Waals surface area contributed by atoms with Gasteiger partial charge in [0.05, 0.1) is 33.0 Å². The molecule has 2 amide bonds. The number of aromatic nitrogens is 1. The summed E-state index contributed by atoms with van der Waals surface area (Å²) in [7, 11) is 3.01. The van der Waals surface area contributed by atoms with Gasteiger partial charge in [0.1, 0.15) is 17.1 Å². The van der Waals surface area contributed by atoms with E-state index in [0.29, 0.717) is 54.3 Å². The van der Waals surface area contributed by atoms with Crippen LogP contribution in [-0.2, 0) is 19.1 Å².